The van der Waals surface area contributed by atoms with Crippen molar-refractivity contribution in [1.82, 2.24) is 9.80 Å². The van der Waals surface area contributed by atoms with Crippen molar-refractivity contribution in [2.45, 2.75) is 38.1 Å². The van der Waals surface area contributed by atoms with Gasteiger partial charge in [0.25, 0.3) is 0 Å². The lowest BCUT2D eigenvalue weighted by Gasteiger charge is -2.31. The van der Waals surface area contributed by atoms with Gasteiger partial charge in [0.15, 0.2) is 0 Å². The highest BCUT2D eigenvalue weighted by atomic mass is 16.4. The van der Waals surface area contributed by atoms with Gasteiger partial charge in [-0.2, -0.15) is 0 Å². The van der Waals surface area contributed by atoms with Gasteiger partial charge >= 0.3 is 12.0 Å². The summed E-state index contributed by atoms with van der Waals surface area (Å²) in [5.74, 6) is -1.90. The third-order valence-electron chi connectivity index (χ3n) is 4.15. The van der Waals surface area contributed by atoms with Gasteiger partial charge in [-0.3, -0.25) is 9.59 Å². The van der Waals surface area contributed by atoms with Crippen molar-refractivity contribution in [3.8, 4) is 0 Å². The molecule has 1 saturated carbocycles. The second kappa shape index (κ2) is 6.11. The average molecular weight is 283 g/mol. The Hall–Kier alpha value is -1.79. The summed E-state index contributed by atoms with van der Waals surface area (Å²) >= 11 is 0. The lowest BCUT2D eigenvalue weighted by molar-refractivity contribution is -0.141. The van der Waals surface area contributed by atoms with E-state index in [9.17, 15) is 14.4 Å². The predicted octanol–water partition coefficient (Wildman–Crippen LogP) is 0.243. The van der Waals surface area contributed by atoms with Crippen LogP contribution in [0.1, 0.15) is 32.1 Å². The second-order valence-electron chi connectivity index (χ2n) is 5.58. The fourth-order valence-corrected chi connectivity index (χ4v) is 3.05. The maximum atomic E-state index is 12.5. The number of likely N-dealkylation sites (tertiary alicyclic amines) is 1. The van der Waals surface area contributed by atoms with Crippen LogP contribution in [0.4, 0.5) is 4.79 Å². The molecule has 3 amide bonds. The molecular formula is C13H21N3O4. The highest BCUT2D eigenvalue weighted by Crippen LogP contribution is 2.26. The van der Waals surface area contributed by atoms with Crippen LogP contribution in [-0.4, -0.2) is 58.5 Å². The molecule has 20 heavy (non-hydrogen) atoms. The van der Waals surface area contributed by atoms with E-state index >= 15 is 0 Å². The van der Waals surface area contributed by atoms with E-state index in [0.29, 0.717) is 13.0 Å². The van der Waals surface area contributed by atoms with Crippen molar-refractivity contribution in [3.63, 3.8) is 0 Å². The third-order valence-corrected chi connectivity index (χ3v) is 4.15. The van der Waals surface area contributed by atoms with E-state index < -0.39 is 17.8 Å². The Kier molecular flexibility index (Phi) is 4.46. The lowest BCUT2D eigenvalue weighted by atomic mass is 10.1. The number of carbonyl (C=O) groups excluding carboxylic acids is 2. The molecule has 0 bridgehead atoms. The quantitative estimate of drug-likeness (QED) is 0.771. The summed E-state index contributed by atoms with van der Waals surface area (Å²) < 4.78 is 0. The van der Waals surface area contributed by atoms with Crippen molar-refractivity contribution >= 4 is 17.9 Å². The number of rotatable bonds is 4. The molecule has 1 aliphatic heterocycles. The number of primary amides is 1. The standard InChI is InChI=1S/C13H21N3O4/c14-11(17)8-16(10-3-1-2-4-10)13(20)15-6-5-9(7-15)12(18)19/h9-10H,1-8H2,(H2,14,17)(H,18,19). The van der Waals surface area contributed by atoms with Gasteiger partial charge in [0.05, 0.1) is 5.92 Å². The van der Waals surface area contributed by atoms with Crippen LogP contribution in [0.25, 0.3) is 0 Å². The Morgan fingerprint density at radius 2 is 1.85 bits per heavy atom. The van der Waals surface area contributed by atoms with Crippen LogP contribution in [0, 0.1) is 5.92 Å². The molecule has 0 aromatic carbocycles. The van der Waals surface area contributed by atoms with Gasteiger partial charge in [-0.25, -0.2) is 4.79 Å². The van der Waals surface area contributed by atoms with Gasteiger partial charge in [-0.15, -0.1) is 0 Å². The van der Waals surface area contributed by atoms with Crippen LogP contribution in [0.3, 0.4) is 0 Å². The molecule has 1 heterocycles. The molecule has 112 valence electrons. The van der Waals surface area contributed by atoms with Gasteiger partial charge in [-0.05, 0) is 19.3 Å². The average Bonchev–Trinajstić information content (AvgIpc) is 3.05. The van der Waals surface area contributed by atoms with E-state index in [1.165, 1.54) is 9.80 Å². The lowest BCUT2D eigenvalue weighted by Crippen LogP contribution is -2.50. The van der Waals surface area contributed by atoms with E-state index in [1.807, 2.05) is 0 Å². The zero-order valence-corrected chi connectivity index (χ0v) is 11.5. The fourth-order valence-electron chi connectivity index (χ4n) is 3.05. The minimum absolute atomic E-state index is 0.0545. The van der Waals surface area contributed by atoms with Crippen molar-refractivity contribution in [2.24, 2.45) is 11.7 Å². The number of aliphatic carboxylic acids is 1. The maximum Gasteiger partial charge on any atom is 0.320 e. The van der Waals surface area contributed by atoms with E-state index in [2.05, 4.69) is 0 Å². The van der Waals surface area contributed by atoms with E-state index in [0.717, 1.165) is 25.7 Å². The first-order valence-electron chi connectivity index (χ1n) is 7.05. The molecule has 1 unspecified atom stereocenters. The normalized spacial score (nSPS) is 23.0. The van der Waals surface area contributed by atoms with Crippen molar-refractivity contribution in [3.05, 3.63) is 0 Å². The van der Waals surface area contributed by atoms with Crippen LogP contribution in [0.5, 0.6) is 0 Å². The van der Waals surface area contributed by atoms with Gasteiger partial charge in [0, 0.05) is 19.1 Å². The minimum Gasteiger partial charge on any atom is -0.481 e. The summed E-state index contributed by atoms with van der Waals surface area (Å²) in [7, 11) is 0. The Labute approximate surface area is 117 Å². The summed E-state index contributed by atoms with van der Waals surface area (Å²) in [4.78, 5) is 37.7. The number of nitrogens with two attached hydrogens (primary N) is 1. The number of carboxylic acid groups (broad SMARTS) is 1. The number of amides is 3. The van der Waals surface area contributed by atoms with E-state index in [1.54, 1.807) is 0 Å². The molecule has 3 N–H and O–H groups in total. The van der Waals surface area contributed by atoms with Crippen LogP contribution in [0.2, 0.25) is 0 Å². The Morgan fingerprint density at radius 3 is 2.35 bits per heavy atom. The van der Waals surface area contributed by atoms with Crippen LogP contribution < -0.4 is 5.73 Å². The van der Waals surface area contributed by atoms with Crippen molar-refractivity contribution in [2.75, 3.05) is 19.6 Å². The SMILES string of the molecule is NC(=O)CN(C(=O)N1CCC(C(=O)O)C1)C1CCCC1. The number of nitrogens with zero attached hydrogens (tertiary/aromatic N) is 2. The third kappa shape index (κ3) is 3.20. The number of hydrogen-bond donors (Lipinski definition) is 2. The molecule has 2 fully saturated rings. The Morgan fingerprint density at radius 1 is 1.20 bits per heavy atom. The Balaban J connectivity index is 2.02. The maximum absolute atomic E-state index is 12.5. The Bertz CT molecular complexity index is 406. The molecule has 0 spiro atoms. The molecule has 7 heteroatoms. The summed E-state index contributed by atoms with van der Waals surface area (Å²) in [5, 5.41) is 8.98. The van der Waals surface area contributed by atoms with Gasteiger partial charge in [0.1, 0.15) is 6.54 Å². The summed E-state index contributed by atoms with van der Waals surface area (Å²) in [6.45, 7) is 0.561. The van der Waals surface area contributed by atoms with E-state index in [4.69, 9.17) is 10.8 Å². The van der Waals surface area contributed by atoms with Crippen molar-refractivity contribution in [1.29, 1.82) is 0 Å². The van der Waals surface area contributed by atoms with Crippen LogP contribution >= 0.6 is 0 Å². The summed E-state index contributed by atoms with van der Waals surface area (Å²) in [6.07, 6.45) is 4.33. The van der Waals surface area contributed by atoms with Gasteiger partial charge in [0.2, 0.25) is 5.91 Å². The zero-order valence-electron chi connectivity index (χ0n) is 11.5. The first kappa shape index (κ1) is 14.6. The molecular weight excluding hydrogens is 262 g/mol. The first-order chi connectivity index (χ1) is 9.49. The smallest absolute Gasteiger partial charge is 0.320 e. The minimum atomic E-state index is -0.873. The molecule has 1 atom stereocenters. The predicted molar refractivity (Wildman–Crippen MR) is 70.9 cm³/mol. The van der Waals surface area contributed by atoms with Crippen molar-refractivity contribution < 1.29 is 19.5 Å². The topological polar surface area (TPSA) is 104 Å². The van der Waals surface area contributed by atoms with Crippen LogP contribution in [0.15, 0.2) is 0 Å². The van der Waals surface area contributed by atoms with Gasteiger partial charge < -0.3 is 20.6 Å². The fraction of sp³-hybridized carbons (Fsp3) is 0.769. The molecule has 0 aromatic rings. The molecule has 7 nitrogen and oxygen atoms in total. The zero-order chi connectivity index (χ0) is 14.7. The molecule has 0 aromatic heterocycles. The summed E-state index contributed by atoms with van der Waals surface area (Å²) in [5.41, 5.74) is 5.23. The van der Waals surface area contributed by atoms with Crippen LogP contribution in [-0.2, 0) is 9.59 Å². The molecule has 1 aliphatic carbocycles. The highest BCUT2D eigenvalue weighted by Gasteiger charge is 2.36. The highest BCUT2D eigenvalue weighted by molar-refractivity contribution is 5.84. The number of hydrogen-bond acceptors (Lipinski definition) is 3. The molecule has 2 rings (SSSR count). The first-order valence-corrected chi connectivity index (χ1v) is 7.05. The largest absolute Gasteiger partial charge is 0.481 e. The number of urea groups is 1. The molecule has 2 aliphatic rings. The number of carboxylic acids is 1. The second-order valence-corrected chi connectivity index (χ2v) is 5.58. The monoisotopic (exact) mass is 283 g/mol. The summed E-state index contributed by atoms with van der Waals surface area (Å²) in [6, 6.07) is -0.196. The van der Waals surface area contributed by atoms with Gasteiger partial charge in [-0.1, -0.05) is 12.8 Å². The molecule has 1 saturated heterocycles. The van der Waals surface area contributed by atoms with E-state index in [-0.39, 0.29) is 25.2 Å². The number of carbonyl (C=O) groups is 3. The molecule has 0 radical (unpaired) electrons.